The number of nitrogens with zero attached hydrogens (tertiary/aromatic N) is 1. The molecule has 0 aromatic rings. The standard InChI is InChI=1S/C8H17N3/c1-5(2)11-3-6-7(9)8(6,10)4-11/h5-7H,3-4,9-10H2,1-2H3/t6-,7-,8+/m0/s1. The lowest BCUT2D eigenvalue weighted by Gasteiger charge is -2.24. The summed E-state index contributed by atoms with van der Waals surface area (Å²) in [6.07, 6.45) is 0. The van der Waals surface area contributed by atoms with Crippen LogP contribution in [0.3, 0.4) is 0 Å². The SMILES string of the molecule is CC(C)N1C[C@H]2[C@H](N)[C@@]2(N)C1. The lowest BCUT2D eigenvalue weighted by Crippen LogP contribution is -2.42. The van der Waals surface area contributed by atoms with E-state index in [1.807, 2.05) is 0 Å². The molecule has 3 atom stereocenters. The Morgan fingerprint density at radius 3 is 2.55 bits per heavy atom. The molecule has 0 unspecified atom stereocenters. The van der Waals surface area contributed by atoms with Crippen LogP contribution >= 0.6 is 0 Å². The van der Waals surface area contributed by atoms with Gasteiger partial charge in [0.1, 0.15) is 0 Å². The number of fused-ring (bicyclic) bond motifs is 1. The largest absolute Gasteiger partial charge is 0.326 e. The Morgan fingerprint density at radius 1 is 1.55 bits per heavy atom. The van der Waals surface area contributed by atoms with Crippen LogP contribution in [0.15, 0.2) is 0 Å². The Balaban J connectivity index is 2.00. The molecule has 4 N–H and O–H groups in total. The van der Waals surface area contributed by atoms with E-state index in [-0.39, 0.29) is 11.6 Å². The number of likely N-dealkylation sites (tertiary alicyclic amines) is 1. The van der Waals surface area contributed by atoms with Gasteiger partial charge in [-0.3, -0.25) is 4.90 Å². The van der Waals surface area contributed by atoms with Crippen LogP contribution < -0.4 is 11.5 Å². The smallest absolute Gasteiger partial charge is 0.0497 e. The van der Waals surface area contributed by atoms with E-state index in [9.17, 15) is 0 Å². The second-order valence-corrected chi connectivity index (χ2v) is 4.27. The van der Waals surface area contributed by atoms with Crippen molar-refractivity contribution >= 4 is 0 Å². The molecule has 0 radical (unpaired) electrons. The zero-order valence-electron chi connectivity index (χ0n) is 7.25. The third-order valence-corrected chi connectivity index (χ3v) is 3.27. The van der Waals surface area contributed by atoms with Gasteiger partial charge in [0.2, 0.25) is 0 Å². The molecule has 1 saturated carbocycles. The number of hydrogen-bond donors (Lipinski definition) is 2. The highest BCUT2D eigenvalue weighted by atomic mass is 15.3. The summed E-state index contributed by atoms with van der Waals surface area (Å²) in [7, 11) is 0. The fraction of sp³-hybridized carbons (Fsp3) is 1.00. The summed E-state index contributed by atoms with van der Waals surface area (Å²) in [5.74, 6) is 0.574. The fourth-order valence-electron chi connectivity index (χ4n) is 2.14. The van der Waals surface area contributed by atoms with Crippen LogP contribution in [0.4, 0.5) is 0 Å². The zero-order valence-corrected chi connectivity index (χ0v) is 7.25. The maximum absolute atomic E-state index is 6.06. The average Bonchev–Trinajstić information content (AvgIpc) is 2.34. The molecule has 0 aromatic heterocycles. The molecule has 3 heteroatoms. The maximum atomic E-state index is 6.06. The van der Waals surface area contributed by atoms with Crippen molar-refractivity contribution in [3.8, 4) is 0 Å². The van der Waals surface area contributed by atoms with Gasteiger partial charge in [0.25, 0.3) is 0 Å². The molecule has 1 saturated heterocycles. The first-order valence-corrected chi connectivity index (χ1v) is 4.34. The van der Waals surface area contributed by atoms with Gasteiger partial charge in [-0.2, -0.15) is 0 Å². The van der Waals surface area contributed by atoms with Crippen LogP contribution in [-0.4, -0.2) is 35.6 Å². The van der Waals surface area contributed by atoms with Crippen molar-refractivity contribution in [1.82, 2.24) is 4.90 Å². The van der Waals surface area contributed by atoms with Crippen molar-refractivity contribution < 1.29 is 0 Å². The molecule has 0 spiro atoms. The molecule has 1 aliphatic carbocycles. The first-order chi connectivity index (χ1) is 5.05. The predicted molar refractivity (Wildman–Crippen MR) is 45.1 cm³/mol. The summed E-state index contributed by atoms with van der Waals surface area (Å²) >= 11 is 0. The minimum Gasteiger partial charge on any atom is -0.326 e. The summed E-state index contributed by atoms with van der Waals surface area (Å²) < 4.78 is 0. The third kappa shape index (κ3) is 0.849. The number of nitrogens with two attached hydrogens (primary N) is 2. The van der Waals surface area contributed by atoms with Gasteiger partial charge < -0.3 is 11.5 Å². The van der Waals surface area contributed by atoms with Gasteiger partial charge in [0.15, 0.2) is 0 Å². The van der Waals surface area contributed by atoms with Crippen molar-refractivity contribution in [3.05, 3.63) is 0 Å². The Hall–Kier alpha value is -0.120. The van der Waals surface area contributed by atoms with Gasteiger partial charge in [0, 0.05) is 36.6 Å². The van der Waals surface area contributed by atoms with Crippen LogP contribution in [0.25, 0.3) is 0 Å². The van der Waals surface area contributed by atoms with E-state index in [2.05, 4.69) is 18.7 Å². The molecule has 1 aliphatic heterocycles. The number of piperidine rings is 1. The van der Waals surface area contributed by atoms with Crippen LogP contribution in [0, 0.1) is 5.92 Å². The molecule has 0 aromatic carbocycles. The lowest BCUT2D eigenvalue weighted by atomic mass is 10.2. The molecule has 1 heterocycles. The Morgan fingerprint density at radius 2 is 2.18 bits per heavy atom. The quantitative estimate of drug-likeness (QED) is 0.530. The average molecular weight is 155 g/mol. The van der Waals surface area contributed by atoms with E-state index in [4.69, 9.17) is 11.5 Å². The van der Waals surface area contributed by atoms with Crippen molar-refractivity contribution in [3.63, 3.8) is 0 Å². The van der Waals surface area contributed by atoms with Gasteiger partial charge in [-0.05, 0) is 13.8 Å². The van der Waals surface area contributed by atoms with E-state index in [1.54, 1.807) is 0 Å². The van der Waals surface area contributed by atoms with Crippen LogP contribution in [-0.2, 0) is 0 Å². The van der Waals surface area contributed by atoms with Crippen molar-refractivity contribution in [2.75, 3.05) is 13.1 Å². The molecule has 2 rings (SSSR count). The lowest BCUT2D eigenvalue weighted by molar-refractivity contribution is 0.238. The molecule has 2 fully saturated rings. The van der Waals surface area contributed by atoms with Gasteiger partial charge >= 0.3 is 0 Å². The molecule has 64 valence electrons. The third-order valence-electron chi connectivity index (χ3n) is 3.27. The van der Waals surface area contributed by atoms with E-state index >= 15 is 0 Å². The molecule has 11 heavy (non-hydrogen) atoms. The van der Waals surface area contributed by atoms with Crippen LogP contribution in [0.2, 0.25) is 0 Å². The van der Waals surface area contributed by atoms with E-state index < -0.39 is 0 Å². The van der Waals surface area contributed by atoms with E-state index in [0.717, 1.165) is 13.1 Å². The van der Waals surface area contributed by atoms with Crippen LogP contribution in [0.1, 0.15) is 13.8 Å². The highest BCUT2D eigenvalue weighted by Gasteiger charge is 2.65. The number of rotatable bonds is 1. The van der Waals surface area contributed by atoms with Gasteiger partial charge in [-0.25, -0.2) is 0 Å². The summed E-state index contributed by atoms with van der Waals surface area (Å²) in [6.45, 7) is 6.52. The zero-order chi connectivity index (χ0) is 8.22. The second-order valence-electron chi connectivity index (χ2n) is 4.27. The molecule has 0 bridgehead atoms. The first kappa shape index (κ1) is 7.53. The monoisotopic (exact) mass is 155 g/mol. The van der Waals surface area contributed by atoms with Gasteiger partial charge in [-0.1, -0.05) is 0 Å². The minimum absolute atomic E-state index is 0.0235. The Bertz CT molecular complexity index is 180. The van der Waals surface area contributed by atoms with Gasteiger partial charge in [0.05, 0.1) is 0 Å². The maximum Gasteiger partial charge on any atom is 0.0497 e. The van der Waals surface area contributed by atoms with E-state index in [0.29, 0.717) is 12.0 Å². The van der Waals surface area contributed by atoms with Crippen molar-refractivity contribution in [2.24, 2.45) is 17.4 Å². The predicted octanol–water partition coefficient (Wildman–Crippen LogP) is -0.635. The Kier molecular flexibility index (Phi) is 1.35. The normalized spacial score (nSPS) is 49.9. The Labute approximate surface area is 67.7 Å². The summed E-state index contributed by atoms with van der Waals surface area (Å²) in [5, 5.41) is 0. The van der Waals surface area contributed by atoms with Gasteiger partial charge in [-0.15, -0.1) is 0 Å². The summed E-state index contributed by atoms with van der Waals surface area (Å²) in [5.41, 5.74) is 11.9. The minimum atomic E-state index is -0.0235. The van der Waals surface area contributed by atoms with E-state index in [1.165, 1.54) is 0 Å². The second kappa shape index (κ2) is 1.97. The molecular weight excluding hydrogens is 138 g/mol. The summed E-state index contributed by atoms with van der Waals surface area (Å²) in [4.78, 5) is 2.41. The molecule has 2 aliphatic rings. The highest BCUT2D eigenvalue weighted by Crippen LogP contribution is 2.46. The summed E-state index contributed by atoms with van der Waals surface area (Å²) in [6, 6.07) is 0.896. The highest BCUT2D eigenvalue weighted by molar-refractivity contribution is 5.26. The molecular formula is C8H17N3. The molecule has 3 nitrogen and oxygen atoms in total. The first-order valence-electron chi connectivity index (χ1n) is 4.34. The van der Waals surface area contributed by atoms with Crippen molar-refractivity contribution in [1.29, 1.82) is 0 Å². The molecule has 0 amide bonds. The van der Waals surface area contributed by atoms with Crippen molar-refractivity contribution in [2.45, 2.75) is 31.5 Å². The van der Waals surface area contributed by atoms with Crippen LogP contribution in [0.5, 0.6) is 0 Å². The fourth-order valence-corrected chi connectivity index (χ4v) is 2.14. The number of hydrogen-bond acceptors (Lipinski definition) is 3. The topological polar surface area (TPSA) is 55.3 Å².